The molecule has 0 bridgehead atoms. The molecule has 118 valence electrons. The predicted octanol–water partition coefficient (Wildman–Crippen LogP) is 3.10. The molecule has 0 aromatic carbocycles. The summed E-state index contributed by atoms with van der Waals surface area (Å²) in [7, 11) is 1.77. The lowest BCUT2D eigenvalue weighted by Gasteiger charge is -2.33. The molecule has 0 saturated carbocycles. The van der Waals surface area contributed by atoms with E-state index in [1.165, 1.54) is 0 Å². The van der Waals surface area contributed by atoms with Crippen molar-refractivity contribution in [3.05, 3.63) is 22.8 Å². The summed E-state index contributed by atoms with van der Waals surface area (Å²) >= 11 is 6.42. The predicted molar refractivity (Wildman–Crippen MR) is 88.0 cm³/mol. The van der Waals surface area contributed by atoms with E-state index >= 15 is 0 Å². The van der Waals surface area contributed by atoms with Gasteiger partial charge in [-0.15, -0.1) is 0 Å². The van der Waals surface area contributed by atoms with Crippen LogP contribution < -0.4 is 10.2 Å². The molecular formula is C16H26ClN3O. The average Bonchev–Trinajstić information content (AvgIpc) is 2.47. The molecular weight excluding hydrogens is 286 g/mol. The maximum Gasteiger partial charge on any atom is 0.147 e. The number of pyridine rings is 1. The summed E-state index contributed by atoms with van der Waals surface area (Å²) < 4.78 is 5.46. The summed E-state index contributed by atoms with van der Waals surface area (Å²) in [5.41, 5.74) is 1.13. The first-order valence-corrected chi connectivity index (χ1v) is 8.10. The van der Waals surface area contributed by atoms with Crippen molar-refractivity contribution in [3.63, 3.8) is 0 Å². The second-order valence-electron chi connectivity index (χ2n) is 6.12. The van der Waals surface area contributed by atoms with Crippen LogP contribution >= 0.6 is 11.6 Å². The molecule has 1 aliphatic rings. The van der Waals surface area contributed by atoms with Crippen molar-refractivity contribution in [2.24, 2.45) is 5.92 Å². The number of halogens is 1. The van der Waals surface area contributed by atoms with Crippen LogP contribution in [0, 0.1) is 5.92 Å². The van der Waals surface area contributed by atoms with Gasteiger partial charge in [0.05, 0.1) is 11.1 Å². The standard InChI is InChI=1S/C16H26ClN3O/c1-12(2)8-18-9-13-7-15(17)16(19-10-13)20-6-4-5-14(11-20)21-3/h7,10,12,14,18H,4-6,8-9,11H2,1-3H3. The van der Waals surface area contributed by atoms with Crippen molar-refractivity contribution >= 4 is 17.4 Å². The fraction of sp³-hybridized carbons (Fsp3) is 0.688. The van der Waals surface area contributed by atoms with E-state index in [0.29, 0.717) is 5.92 Å². The zero-order valence-electron chi connectivity index (χ0n) is 13.2. The Morgan fingerprint density at radius 3 is 3.00 bits per heavy atom. The van der Waals surface area contributed by atoms with Crippen molar-refractivity contribution in [3.8, 4) is 0 Å². The Morgan fingerprint density at radius 1 is 1.52 bits per heavy atom. The van der Waals surface area contributed by atoms with Crippen molar-refractivity contribution in [1.82, 2.24) is 10.3 Å². The number of methoxy groups -OCH3 is 1. The van der Waals surface area contributed by atoms with Crippen LogP contribution in [-0.2, 0) is 11.3 Å². The highest BCUT2D eigenvalue weighted by Crippen LogP contribution is 2.27. The maximum absolute atomic E-state index is 6.42. The number of hydrogen-bond acceptors (Lipinski definition) is 4. The second kappa shape index (κ2) is 7.97. The molecule has 1 atom stereocenters. The molecule has 0 radical (unpaired) electrons. The molecule has 2 rings (SSSR count). The van der Waals surface area contributed by atoms with Gasteiger partial charge in [0.15, 0.2) is 0 Å². The zero-order valence-corrected chi connectivity index (χ0v) is 14.0. The normalized spacial score (nSPS) is 19.3. The summed E-state index contributed by atoms with van der Waals surface area (Å²) in [5.74, 6) is 1.53. The Kier molecular flexibility index (Phi) is 6.27. The lowest BCUT2D eigenvalue weighted by molar-refractivity contribution is 0.0891. The van der Waals surface area contributed by atoms with Gasteiger partial charge < -0.3 is 15.0 Å². The van der Waals surface area contributed by atoms with Crippen LogP contribution in [0.25, 0.3) is 0 Å². The van der Waals surface area contributed by atoms with Gasteiger partial charge in [0.25, 0.3) is 0 Å². The third kappa shape index (κ3) is 4.83. The van der Waals surface area contributed by atoms with Crippen molar-refractivity contribution in [1.29, 1.82) is 0 Å². The summed E-state index contributed by atoms with van der Waals surface area (Å²) in [4.78, 5) is 6.79. The first-order chi connectivity index (χ1) is 10.1. The summed E-state index contributed by atoms with van der Waals surface area (Å²) in [6, 6.07) is 2.02. The Hall–Kier alpha value is -0.840. The largest absolute Gasteiger partial charge is 0.380 e. The van der Waals surface area contributed by atoms with Crippen LogP contribution in [0.1, 0.15) is 32.3 Å². The van der Waals surface area contributed by atoms with Gasteiger partial charge in [-0.05, 0) is 36.9 Å². The summed E-state index contributed by atoms with van der Waals surface area (Å²) in [6.45, 7) is 8.08. The minimum Gasteiger partial charge on any atom is -0.380 e. The Bertz CT molecular complexity index is 453. The van der Waals surface area contributed by atoms with E-state index in [4.69, 9.17) is 16.3 Å². The molecule has 0 amide bonds. The molecule has 1 unspecified atom stereocenters. The number of nitrogens with zero attached hydrogens (tertiary/aromatic N) is 2. The highest BCUT2D eigenvalue weighted by molar-refractivity contribution is 6.33. The van der Waals surface area contributed by atoms with Crippen LogP contribution in [0.3, 0.4) is 0 Å². The van der Waals surface area contributed by atoms with E-state index in [0.717, 1.165) is 55.4 Å². The topological polar surface area (TPSA) is 37.4 Å². The Morgan fingerprint density at radius 2 is 2.33 bits per heavy atom. The van der Waals surface area contributed by atoms with Crippen LogP contribution in [0.15, 0.2) is 12.3 Å². The maximum atomic E-state index is 6.42. The molecule has 0 spiro atoms. The number of ether oxygens (including phenoxy) is 1. The van der Waals surface area contributed by atoms with Gasteiger partial charge in [0.1, 0.15) is 5.82 Å². The minimum atomic E-state index is 0.281. The zero-order chi connectivity index (χ0) is 15.2. The molecule has 1 aromatic rings. The quantitative estimate of drug-likeness (QED) is 0.876. The molecule has 21 heavy (non-hydrogen) atoms. The highest BCUT2D eigenvalue weighted by atomic mass is 35.5. The lowest BCUT2D eigenvalue weighted by atomic mass is 10.1. The summed E-state index contributed by atoms with van der Waals surface area (Å²) in [5, 5.41) is 4.14. The van der Waals surface area contributed by atoms with E-state index in [9.17, 15) is 0 Å². The van der Waals surface area contributed by atoms with Crippen LogP contribution in [0.2, 0.25) is 5.02 Å². The summed E-state index contributed by atoms with van der Waals surface area (Å²) in [6.07, 6.45) is 4.44. The molecule has 5 heteroatoms. The SMILES string of the molecule is COC1CCCN(c2ncc(CNCC(C)C)cc2Cl)C1. The Labute approximate surface area is 132 Å². The number of anilines is 1. The van der Waals surface area contributed by atoms with Gasteiger partial charge in [-0.3, -0.25) is 0 Å². The Balaban J connectivity index is 1.98. The van der Waals surface area contributed by atoms with Gasteiger partial charge in [-0.2, -0.15) is 0 Å². The molecule has 1 fully saturated rings. The van der Waals surface area contributed by atoms with Crippen LogP contribution in [-0.4, -0.2) is 37.8 Å². The van der Waals surface area contributed by atoms with Gasteiger partial charge in [0.2, 0.25) is 0 Å². The highest BCUT2D eigenvalue weighted by Gasteiger charge is 2.22. The van der Waals surface area contributed by atoms with Gasteiger partial charge in [-0.25, -0.2) is 4.98 Å². The molecule has 2 heterocycles. The molecule has 0 aliphatic carbocycles. The third-order valence-corrected chi connectivity index (χ3v) is 4.05. The molecule has 1 aliphatic heterocycles. The molecule has 1 N–H and O–H groups in total. The number of hydrogen-bond donors (Lipinski definition) is 1. The monoisotopic (exact) mass is 311 g/mol. The molecule has 4 nitrogen and oxygen atoms in total. The minimum absolute atomic E-state index is 0.281. The number of piperidine rings is 1. The van der Waals surface area contributed by atoms with Gasteiger partial charge in [0, 0.05) is 32.9 Å². The lowest BCUT2D eigenvalue weighted by Crippen LogP contribution is -2.39. The molecule has 1 saturated heterocycles. The van der Waals surface area contributed by atoms with Crippen LogP contribution in [0.4, 0.5) is 5.82 Å². The fourth-order valence-corrected chi connectivity index (χ4v) is 2.94. The third-order valence-electron chi connectivity index (χ3n) is 3.77. The number of rotatable bonds is 6. The number of nitrogens with one attached hydrogen (secondary N) is 1. The van der Waals surface area contributed by atoms with E-state index in [1.54, 1.807) is 7.11 Å². The van der Waals surface area contributed by atoms with Crippen LogP contribution in [0.5, 0.6) is 0 Å². The van der Waals surface area contributed by atoms with Gasteiger partial charge in [-0.1, -0.05) is 25.4 Å². The van der Waals surface area contributed by atoms with Gasteiger partial charge >= 0.3 is 0 Å². The van der Waals surface area contributed by atoms with E-state index in [-0.39, 0.29) is 6.10 Å². The van der Waals surface area contributed by atoms with Crippen molar-refractivity contribution in [2.75, 3.05) is 31.6 Å². The average molecular weight is 312 g/mol. The first-order valence-electron chi connectivity index (χ1n) is 7.73. The van der Waals surface area contributed by atoms with E-state index in [1.807, 2.05) is 12.3 Å². The first kappa shape index (κ1) is 16.5. The number of aromatic nitrogens is 1. The van der Waals surface area contributed by atoms with E-state index in [2.05, 4.69) is 29.0 Å². The van der Waals surface area contributed by atoms with Crippen molar-refractivity contribution in [2.45, 2.75) is 39.3 Å². The second-order valence-corrected chi connectivity index (χ2v) is 6.53. The van der Waals surface area contributed by atoms with E-state index < -0.39 is 0 Å². The van der Waals surface area contributed by atoms with Crippen molar-refractivity contribution < 1.29 is 4.74 Å². The molecule has 1 aromatic heterocycles. The smallest absolute Gasteiger partial charge is 0.147 e. The fourth-order valence-electron chi connectivity index (χ4n) is 2.63.